The third-order valence-electron chi connectivity index (χ3n) is 5.54. The molecule has 3 N–H and O–H groups in total. The average Bonchev–Trinajstić information content (AvgIpc) is 2.94. The third-order valence-corrected chi connectivity index (χ3v) is 5.89. The van der Waals surface area contributed by atoms with Gasteiger partial charge in [-0.25, -0.2) is 9.59 Å². The van der Waals surface area contributed by atoms with Crippen molar-refractivity contribution in [2.75, 3.05) is 13.1 Å². The maximum atomic E-state index is 12.7. The minimum atomic E-state index is -4.90. The Kier molecular flexibility index (Phi) is 7.04. The highest BCUT2D eigenvalue weighted by Gasteiger charge is 2.49. The number of fused-ring (bicyclic) bond motifs is 2. The molecule has 186 valence electrons. The van der Waals surface area contributed by atoms with E-state index in [0.29, 0.717) is 18.0 Å². The summed E-state index contributed by atoms with van der Waals surface area (Å²) in [6.45, 7) is 5.54. The molecular weight excluding hydrogens is 462 g/mol. The zero-order chi connectivity index (χ0) is 24.6. The Morgan fingerprint density at radius 3 is 2.27 bits per heavy atom. The molecule has 0 aromatic heterocycles. The van der Waals surface area contributed by atoms with Gasteiger partial charge in [-0.05, 0) is 52.9 Å². The van der Waals surface area contributed by atoms with Crippen LogP contribution in [-0.4, -0.2) is 88.6 Å². The first-order valence-corrected chi connectivity index (χ1v) is 12.0. The van der Waals surface area contributed by atoms with Crippen LogP contribution < -0.4 is 10.9 Å². The molecule has 0 spiro atoms. The normalized spacial score (nSPS) is 25.6. The highest BCUT2D eigenvalue weighted by Crippen LogP contribution is 2.30. The molecule has 3 aliphatic rings. The fraction of sp³-hybridized carbons (Fsp3) is 0.778. The number of carbonyl (C=O) groups excluding carboxylic acids is 4. The van der Waals surface area contributed by atoms with E-state index in [1.807, 2.05) is 0 Å². The number of hydrazine groups is 1. The Bertz CT molecular complexity index is 919. The van der Waals surface area contributed by atoms with Crippen molar-refractivity contribution < 1.29 is 41.2 Å². The molecule has 0 aromatic carbocycles. The predicted octanol–water partition coefficient (Wildman–Crippen LogP) is -0.0736. The number of likely N-dealkylation sites (tertiary alicyclic amines) is 1. The molecule has 2 bridgehead atoms. The molecule has 15 heteroatoms. The molecule has 0 aromatic rings. The standard InChI is InChI=1S/C18H29N5O9S/c1-18(2,3)31-17(27)21-9-5-4-6-12(21)14(24)19-20-15(25)13-8-7-11-10-22(13)16(26)23(11)32-33(28,29)30/h11-13H,4-10H2,1-3H3,(H,19,24)(H,20,25)(H,28,29,30)/t11-,12-,13+/m1/s1. The van der Waals surface area contributed by atoms with Gasteiger partial charge in [0.25, 0.3) is 11.8 Å². The summed E-state index contributed by atoms with van der Waals surface area (Å²) < 4.78 is 40.5. The van der Waals surface area contributed by atoms with E-state index in [0.717, 1.165) is 17.7 Å². The lowest BCUT2D eigenvalue weighted by Gasteiger charge is -2.36. The van der Waals surface area contributed by atoms with E-state index >= 15 is 0 Å². The molecule has 3 aliphatic heterocycles. The highest BCUT2D eigenvalue weighted by atomic mass is 32.3. The van der Waals surface area contributed by atoms with Gasteiger partial charge in [0.15, 0.2) is 0 Å². The molecule has 0 unspecified atom stereocenters. The van der Waals surface area contributed by atoms with E-state index in [2.05, 4.69) is 15.1 Å². The van der Waals surface area contributed by atoms with E-state index < -0.39 is 58.1 Å². The molecule has 0 saturated carbocycles. The number of hydrogen-bond donors (Lipinski definition) is 3. The van der Waals surface area contributed by atoms with Crippen LogP contribution in [0.3, 0.4) is 0 Å². The van der Waals surface area contributed by atoms with Crippen LogP contribution >= 0.6 is 0 Å². The molecule has 3 heterocycles. The SMILES string of the molecule is CC(C)(C)OC(=O)N1CCCC[C@@H]1C(=O)NNC(=O)[C@@H]1CC[C@@H]2CN1C(=O)N2OS(=O)(=O)O. The molecule has 3 fully saturated rings. The Labute approximate surface area is 191 Å². The minimum absolute atomic E-state index is 0.0232. The summed E-state index contributed by atoms with van der Waals surface area (Å²) in [5, 5.41) is 0.530. The van der Waals surface area contributed by atoms with Gasteiger partial charge in [0.2, 0.25) is 0 Å². The van der Waals surface area contributed by atoms with E-state index in [-0.39, 0.29) is 19.4 Å². The summed E-state index contributed by atoms with van der Waals surface area (Å²) in [6.07, 6.45) is 1.67. The van der Waals surface area contributed by atoms with Crippen LogP contribution in [0, 0.1) is 0 Å². The molecular formula is C18H29N5O9S. The molecule has 0 aliphatic carbocycles. The molecule has 3 saturated heterocycles. The van der Waals surface area contributed by atoms with Gasteiger partial charge in [0, 0.05) is 13.1 Å². The van der Waals surface area contributed by atoms with Crippen molar-refractivity contribution in [3.8, 4) is 0 Å². The van der Waals surface area contributed by atoms with Crippen molar-refractivity contribution in [1.82, 2.24) is 25.7 Å². The first kappa shape index (κ1) is 25.0. The van der Waals surface area contributed by atoms with Crippen LogP contribution in [0.15, 0.2) is 0 Å². The summed E-state index contributed by atoms with van der Waals surface area (Å²) in [7, 11) is -4.90. The number of amides is 5. The van der Waals surface area contributed by atoms with E-state index in [1.54, 1.807) is 20.8 Å². The van der Waals surface area contributed by atoms with E-state index in [4.69, 9.17) is 9.29 Å². The topological polar surface area (TPSA) is 175 Å². The van der Waals surface area contributed by atoms with E-state index in [1.165, 1.54) is 4.90 Å². The number of hydroxylamine groups is 2. The predicted molar refractivity (Wildman–Crippen MR) is 110 cm³/mol. The number of urea groups is 1. The zero-order valence-corrected chi connectivity index (χ0v) is 19.5. The zero-order valence-electron chi connectivity index (χ0n) is 18.6. The Balaban J connectivity index is 1.58. The van der Waals surface area contributed by atoms with Gasteiger partial charge in [0.1, 0.15) is 17.7 Å². The maximum absolute atomic E-state index is 12.7. The van der Waals surface area contributed by atoms with Crippen molar-refractivity contribution in [1.29, 1.82) is 0 Å². The van der Waals surface area contributed by atoms with Crippen LogP contribution in [0.1, 0.15) is 52.9 Å². The Morgan fingerprint density at radius 2 is 1.67 bits per heavy atom. The number of hydrogen-bond acceptors (Lipinski definition) is 8. The Hall–Kier alpha value is -2.65. The van der Waals surface area contributed by atoms with Crippen molar-refractivity contribution in [2.24, 2.45) is 0 Å². The van der Waals surface area contributed by atoms with Crippen molar-refractivity contribution in [3.63, 3.8) is 0 Å². The number of rotatable bonds is 4. The summed E-state index contributed by atoms with van der Waals surface area (Å²) in [5.74, 6) is -1.27. The van der Waals surface area contributed by atoms with Crippen molar-refractivity contribution in [2.45, 2.75) is 76.6 Å². The maximum Gasteiger partial charge on any atom is 0.418 e. The Morgan fingerprint density at radius 1 is 1.03 bits per heavy atom. The first-order valence-electron chi connectivity index (χ1n) is 10.6. The van der Waals surface area contributed by atoms with Gasteiger partial charge in [-0.15, -0.1) is 4.28 Å². The molecule has 14 nitrogen and oxygen atoms in total. The smallest absolute Gasteiger partial charge is 0.418 e. The fourth-order valence-electron chi connectivity index (χ4n) is 4.14. The first-order chi connectivity index (χ1) is 15.3. The van der Waals surface area contributed by atoms with Gasteiger partial charge in [-0.3, -0.25) is 29.9 Å². The summed E-state index contributed by atoms with van der Waals surface area (Å²) >= 11 is 0. The molecule has 3 atom stereocenters. The van der Waals surface area contributed by atoms with Crippen LogP contribution in [0.25, 0.3) is 0 Å². The summed E-state index contributed by atoms with van der Waals surface area (Å²) in [5.41, 5.74) is 3.87. The van der Waals surface area contributed by atoms with Gasteiger partial charge >= 0.3 is 22.5 Å². The van der Waals surface area contributed by atoms with Crippen LogP contribution in [0.2, 0.25) is 0 Å². The lowest BCUT2D eigenvalue weighted by Crippen LogP contribution is -2.59. The van der Waals surface area contributed by atoms with Crippen LogP contribution in [0.5, 0.6) is 0 Å². The second kappa shape index (κ2) is 9.30. The summed E-state index contributed by atoms with van der Waals surface area (Å²) in [4.78, 5) is 52.7. The molecule has 5 amide bonds. The van der Waals surface area contributed by atoms with Crippen LogP contribution in [-0.2, 0) is 29.0 Å². The van der Waals surface area contributed by atoms with Gasteiger partial charge in [-0.2, -0.15) is 13.5 Å². The monoisotopic (exact) mass is 491 g/mol. The second-order valence-corrected chi connectivity index (χ2v) is 10.2. The lowest BCUT2D eigenvalue weighted by atomic mass is 10.0. The molecule has 3 rings (SSSR count). The minimum Gasteiger partial charge on any atom is -0.444 e. The third kappa shape index (κ3) is 6.03. The van der Waals surface area contributed by atoms with Gasteiger partial charge < -0.3 is 9.64 Å². The average molecular weight is 492 g/mol. The number of piperidine rings is 2. The number of carbonyl (C=O) groups is 4. The van der Waals surface area contributed by atoms with Crippen molar-refractivity contribution >= 4 is 34.3 Å². The quantitative estimate of drug-likeness (QED) is 0.359. The fourth-order valence-corrected chi connectivity index (χ4v) is 4.53. The van der Waals surface area contributed by atoms with Crippen LogP contribution in [0.4, 0.5) is 9.59 Å². The number of nitrogens with zero attached hydrogens (tertiary/aromatic N) is 3. The molecule has 0 radical (unpaired) electrons. The largest absolute Gasteiger partial charge is 0.444 e. The lowest BCUT2D eigenvalue weighted by molar-refractivity contribution is -0.134. The van der Waals surface area contributed by atoms with Gasteiger partial charge in [0.05, 0.1) is 6.04 Å². The van der Waals surface area contributed by atoms with Crippen molar-refractivity contribution in [3.05, 3.63) is 0 Å². The number of ether oxygens (including phenoxy) is 1. The highest BCUT2D eigenvalue weighted by molar-refractivity contribution is 7.80. The summed E-state index contributed by atoms with van der Waals surface area (Å²) in [6, 6.07) is -3.32. The molecule has 33 heavy (non-hydrogen) atoms. The van der Waals surface area contributed by atoms with Gasteiger partial charge in [-0.1, -0.05) is 0 Å². The number of nitrogens with one attached hydrogen (secondary N) is 2. The van der Waals surface area contributed by atoms with E-state index in [9.17, 15) is 27.6 Å². The second-order valence-electron chi connectivity index (χ2n) is 9.17.